The number of hydrogen-bond donors (Lipinski definition) is 2. The number of fused-ring (bicyclic) bond motifs is 1. The van der Waals surface area contributed by atoms with E-state index in [-0.39, 0.29) is 12.3 Å². The lowest BCUT2D eigenvalue weighted by Gasteiger charge is -2.18. The van der Waals surface area contributed by atoms with Crippen LogP contribution in [0.4, 0.5) is 9.80 Å². The third-order valence-corrected chi connectivity index (χ3v) is 5.77. The Hall–Kier alpha value is -2.67. The van der Waals surface area contributed by atoms with Crippen molar-refractivity contribution in [3.63, 3.8) is 0 Å². The van der Waals surface area contributed by atoms with Crippen LogP contribution >= 0.6 is 11.3 Å². The number of carbonyl (C=O) groups is 3. The number of rotatable bonds is 4. The number of alkyl carbamates (subject to hydrolysis) is 1. The van der Waals surface area contributed by atoms with Gasteiger partial charge in [0.1, 0.15) is 5.00 Å². The van der Waals surface area contributed by atoms with Crippen molar-refractivity contribution in [3.05, 3.63) is 51.9 Å². The second-order valence-corrected chi connectivity index (χ2v) is 7.82. The van der Waals surface area contributed by atoms with E-state index in [1.54, 1.807) is 0 Å². The molecule has 1 heterocycles. The zero-order chi connectivity index (χ0) is 19.4. The molecule has 0 saturated carbocycles. The first-order chi connectivity index (χ1) is 13.0. The second kappa shape index (κ2) is 8.35. The summed E-state index contributed by atoms with van der Waals surface area (Å²) in [5.41, 5.74) is 2.20. The topological polar surface area (TPSA) is 84.5 Å². The van der Waals surface area contributed by atoms with Crippen LogP contribution in [0.3, 0.4) is 0 Å². The van der Waals surface area contributed by atoms with Crippen molar-refractivity contribution >= 4 is 34.2 Å². The van der Waals surface area contributed by atoms with Crippen molar-refractivity contribution < 1.29 is 19.1 Å². The molecule has 0 aliphatic heterocycles. The summed E-state index contributed by atoms with van der Waals surface area (Å²) in [6.07, 6.45) is 2.00. The van der Waals surface area contributed by atoms with Gasteiger partial charge >= 0.3 is 6.09 Å². The van der Waals surface area contributed by atoms with Crippen LogP contribution in [0.2, 0.25) is 0 Å². The van der Waals surface area contributed by atoms with Gasteiger partial charge in [-0.05, 0) is 36.3 Å². The summed E-state index contributed by atoms with van der Waals surface area (Å²) < 4.78 is 4.53. The number of carbonyl (C=O) groups excluding carboxylic acids is 3. The largest absolute Gasteiger partial charge is 0.453 e. The highest BCUT2D eigenvalue weighted by molar-refractivity contribution is 7.17. The van der Waals surface area contributed by atoms with Crippen LogP contribution in [-0.2, 0) is 28.8 Å². The van der Waals surface area contributed by atoms with Crippen LogP contribution in [0.5, 0.6) is 0 Å². The summed E-state index contributed by atoms with van der Waals surface area (Å²) >= 11 is 1.42. The molecular formula is C20H22N2O4S. The SMILES string of the molecule is COC(=O)NC(=O)c1c(NC(=O)Cc2ccccc2)sc2c1CC[C@@H](C)C2. The van der Waals surface area contributed by atoms with Crippen LogP contribution < -0.4 is 10.6 Å². The maximum absolute atomic E-state index is 12.6. The van der Waals surface area contributed by atoms with E-state index in [9.17, 15) is 14.4 Å². The van der Waals surface area contributed by atoms with Gasteiger partial charge in [0.15, 0.2) is 0 Å². The van der Waals surface area contributed by atoms with Gasteiger partial charge < -0.3 is 10.1 Å². The maximum Gasteiger partial charge on any atom is 0.413 e. The first-order valence-corrected chi connectivity index (χ1v) is 9.67. The molecular weight excluding hydrogens is 364 g/mol. The van der Waals surface area contributed by atoms with Crippen LogP contribution in [0.25, 0.3) is 0 Å². The highest BCUT2D eigenvalue weighted by atomic mass is 32.1. The Balaban J connectivity index is 1.85. The normalized spacial score (nSPS) is 15.6. The molecule has 0 fully saturated rings. The molecule has 1 aliphatic rings. The first kappa shape index (κ1) is 19.1. The van der Waals surface area contributed by atoms with Crippen molar-refractivity contribution in [2.75, 3.05) is 12.4 Å². The molecule has 0 bridgehead atoms. The van der Waals surface area contributed by atoms with Crippen LogP contribution in [0, 0.1) is 5.92 Å². The van der Waals surface area contributed by atoms with Crippen LogP contribution in [-0.4, -0.2) is 25.0 Å². The van der Waals surface area contributed by atoms with Crippen molar-refractivity contribution in [3.8, 4) is 0 Å². The number of thiophene rings is 1. The minimum Gasteiger partial charge on any atom is -0.453 e. The Morgan fingerprint density at radius 1 is 1.22 bits per heavy atom. The summed E-state index contributed by atoms with van der Waals surface area (Å²) in [7, 11) is 1.20. The molecule has 0 radical (unpaired) electrons. The number of nitrogens with one attached hydrogen (secondary N) is 2. The average Bonchev–Trinajstić information content (AvgIpc) is 2.98. The molecule has 2 N–H and O–H groups in total. The summed E-state index contributed by atoms with van der Waals surface area (Å²) in [6.45, 7) is 2.17. The first-order valence-electron chi connectivity index (χ1n) is 8.85. The molecule has 142 valence electrons. The van der Waals surface area contributed by atoms with E-state index in [4.69, 9.17) is 0 Å². The molecule has 1 atom stereocenters. The predicted octanol–water partition coefficient (Wildman–Crippen LogP) is 3.55. The molecule has 7 heteroatoms. The van der Waals surface area contributed by atoms with Gasteiger partial charge in [-0.25, -0.2) is 4.79 Å². The molecule has 3 rings (SSSR count). The quantitative estimate of drug-likeness (QED) is 0.842. The molecule has 27 heavy (non-hydrogen) atoms. The number of methoxy groups -OCH3 is 1. The Bertz CT molecular complexity index is 860. The number of anilines is 1. The molecule has 1 aromatic heterocycles. The Labute approximate surface area is 161 Å². The van der Waals surface area contributed by atoms with Gasteiger partial charge in [-0.1, -0.05) is 37.3 Å². The number of amides is 3. The molecule has 0 spiro atoms. The van der Waals surface area contributed by atoms with E-state index in [1.165, 1.54) is 18.4 Å². The number of ether oxygens (including phenoxy) is 1. The number of hydrogen-bond acceptors (Lipinski definition) is 5. The molecule has 0 unspecified atom stereocenters. The maximum atomic E-state index is 12.6. The van der Waals surface area contributed by atoms with E-state index in [2.05, 4.69) is 22.3 Å². The highest BCUT2D eigenvalue weighted by Crippen LogP contribution is 2.39. The number of imide groups is 1. The lowest BCUT2D eigenvalue weighted by atomic mass is 9.88. The molecule has 3 amide bonds. The minimum atomic E-state index is -0.814. The summed E-state index contributed by atoms with van der Waals surface area (Å²) in [4.78, 5) is 37.7. The molecule has 1 aliphatic carbocycles. The van der Waals surface area contributed by atoms with E-state index in [1.807, 2.05) is 30.3 Å². The minimum absolute atomic E-state index is 0.194. The Morgan fingerprint density at radius 2 is 1.96 bits per heavy atom. The predicted molar refractivity (Wildman–Crippen MR) is 104 cm³/mol. The standard InChI is InChI=1S/C20H22N2O4S/c1-12-8-9-14-15(10-12)27-19(17(14)18(24)22-20(25)26-2)21-16(23)11-13-6-4-3-5-7-13/h3-7,12H,8-11H2,1-2H3,(H,21,23)(H,22,24,25)/t12-/m1/s1. The molecule has 0 saturated heterocycles. The zero-order valence-electron chi connectivity index (χ0n) is 15.3. The summed E-state index contributed by atoms with van der Waals surface area (Å²) in [6, 6.07) is 9.41. The van der Waals surface area contributed by atoms with E-state index >= 15 is 0 Å². The fourth-order valence-corrected chi connectivity index (χ4v) is 4.66. The van der Waals surface area contributed by atoms with E-state index in [0.717, 1.165) is 35.3 Å². The van der Waals surface area contributed by atoms with Gasteiger partial charge in [0, 0.05) is 4.88 Å². The van der Waals surface area contributed by atoms with E-state index < -0.39 is 12.0 Å². The van der Waals surface area contributed by atoms with Crippen molar-refractivity contribution in [2.24, 2.45) is 5.92 Å². The third-order valence-electron chi connectivity index (χ3n) is 4.60. The molecule has 2 aromatic rings. The molecule has 1 aromatic carbocycles. The monoisotopic (exact) mass is 386 g/mol. The average molecular weight is 386 g/mol. The zero-order valence-corrected chi connectivity index (χ0v) is 16.2. The Morgan fingerprint density at radius 3 is 2.67 bits per heavy atom. The van der Waals surface area contributed by atoms with E-state index in [0.29, 0.717) is 16.5 Å². The van der Waals surface area contributed by atoms with Gasteiger partial charge in [-0.15, -0.1) is 11.3 Å². The molecule has 6 nitrogen and oxygen atoms in total. The van der Waals surface area contributed by atoms with Crippen LogP contribution in [0.15, 0.2) is 30.3 Å². The van der Waals surface area contributed by atoms with Gasteiger partial charge in [-0.3, -0.25) is 14.9 Å². The number of benzene rings is 1. The summed E-state index contributed by atoms with van der Waals surface area (Å²) in [5, 5.41) is 5.58. The Kier molecular flexibility index (Phi) is 5.91. The van der Waals surface area contributed by atoms with Gasteiger partial charge in [-0.2, -0.15) is 0 Å². The smallest absolute Gasteiger partial charge is 0.413 e. The van der Waals surface area contributed by atoms with Crippen molar-refractivity contribution in [1.29, 1.82) is 0 Å². The fourth-order valence-electron chi connectivity index (χ4n) is 3.24. The highest BCUT2D eigenvalue weighted by Gasteiger charge is 2.29. The van der Waals surface area contributed by atoms with Gasteiger partial charge in [0.2, 0.25) is 5.91 Å². The lowest BCUT2D eigenvalue weighted by Crippen LogP contribution is -2.31. The van der Waals surface area contributed by atoms with Crippen molar-refractivity contribution in [1.82, 2.24) is 5.32 Å². The third kappa shape index (κ3) is 4.54. The van der Waals surface area contributed by atoms with Crippen LogP contribution in [0.1, 0.15) is 39.7 Å². The summed E-state index contributed by atoms with van der Waals surface area (Å²) in [5.74, 6) is -0.204. The van der Waals surface area contributed by atoms with Crippen molar-refractivity contribution in [2.45, 2.75) is 32.6 Å². The fraction of sp³-hybridized carbons (Fsp3) is 0.350. The second-order valence-electron chi connectivity index (χ2n) is 6.71. The van der Waals surface area contributed by atoms with Gasteiger partial charge in [0.25, 0.3) is 5.91 Å². The van der Waals surface area contributed by atoms with Gasteiger partial charge in [0.05, 0.1) is 19.1 Å². The lowest BCUT2D eigenvalue weighted by molar-refractivity contribution is -0.115.